The molecule has 114 valence electrons. The summed E-state index contributed by atoms with van der Waals surface area (Å²) >= 11 is 4.91. The fourth-order valence-corrected chi connectivity index (χ4v) is 1.74. The lowest BCUT2D eigenvalue weighted by atomic mass is 10.2. The van der Waals surface area contributed by atoms with Crippen molar-refractivity contribution in [2.24, 2.45) is 5.10 Å². The van der Waals surface area contributed by atoms with Crippen molar-refractivity contribution in [3.8, 4) is 5.75 Å². The molecule has 0 bridgehead atoms. The maximum Gasteiger partial charge on any atom is 0.186 e. The average Bonchev–Trinajstić information content (AvgIpc) is 2.54. The molecule has 0 aromatic heterocycles. The number of halogens is 1. The second-order valence-electron chi connectivity index (χ2n) is 4.40. The van der Waals surface area contributed by atoms with Gasteiger partial charge in [0.05, 0.1) is 6.21 Å². The molecular weight excluding hydrogens is 301 g/mol. The third kappa shape index (κ3) is 4.82. The van der Waals surface area contributed by atoms with Crippen LogP contribution in [0.2, 0.25) is 0 Å². The predicted molar refractivity (Wildman–Crippen MR) is 89.6 cm³/mol. The lowest BCUT2D eigenvalue weighted by molar-refractivity contribution is 0.300. The van der Waals surface area contributed by atoms with Crippen molar-refractivity contribution in [1.29, 1.82) is 0 Å². The maximum atomic E-state index is 13.5. The molecule has 4 nitrogen and oxygen atoms in total. The Morgan fingerprint density at radius 3 is 2.86 bits per heavy atom. The van der Waals surface area contributed by atoms with Crippen LogP contribution >= 0.6 is 12.2 Å². The number of hydrogen-bond donors (Lipinski definition) is 2. The molecule has 2 aromatic rings. The standard InChI is InChI=1S/C16H16FN3OS/c1-18-16(22)20-19-10-12-5-4-7-14(9-12)21-11-13-6-2-3-8-15(13)17/h2-10H,11H2,1H3,(H2,18,20,22)/b19-10-. The summed E-state index contributed by atoms with van der Waals surface area (Å²) < 4.78 is 19.1. The molecule has 2 N–H and O–H groups in total. The first kappa shape index (κ1) is 15.9. The fourth-order valence-electron chi connectivity index (χ4n) is 1.68. The second-order valence-corrected chi connectivity index (χ2v) is 4.81. The number of hydrazone groups is 1. The molecule has 0 spiro atoms. The van der Waals surface area contributed by atoms with Crippen LogP contribution in [0.25, 0.3) is 0 Å². The van der Waals surface area contributed by atoms with Crippen LogP contribution in [0.1, 0.15) is 11.1 Å². The molecule has 0 unspecified atom stereocenters. The Balaban J connectivity index is 1.97. The predicted octanol–water partition coefficient (Wildman–Crippen LogP) is 2.83. The van der Waals surface area contributed by atoms with Gasteiger partial charge in [0.2, 0.25) is 0 Å². The Kier molecular flexibility index (Phi) is 5.85. The number of benzene rings is 2. The van der Waals surface area contributed by atoms with Gasteiger partial charge in [-0.15, -0.1) is 0 Å². The van der Waals surface area contributed by atoms with E-state index in [1.54, 1.807) is 31.5 Å². The first-order chi connectivity index (χ1) is 10.7. The van der Waals surface area contributed by atoms with Crippen LogP contribution in [0, 0.1) is 5.82 Å². The van der Waals surface area contributed by atoms with E-state index in [1.165, 1.54) is 6.07 Å². The average molecular weight is 317 g/mol. The van der Waals surface area contributed by atoms with E-state index in [2.05, 4.69) is 15.8 Å². The van der Waals surface area contributed by atoms with Crippen LogP contribution in [0.3, 0.4) is 0 Å². The van der Waals surface area contributed by atoms with Crippen LogP contribution in [0.5, 0.6) is 5.75 Å². The Morgan fingerprint density at radius 2 is 2.09 bits per heavy atom. The van der Waals surface area contributed by atoms with Crippen LogP contribution in [0.4, 0.5) is 4.39 Å². The Morgan fingerprint density at radius 1 is 1.27 bits per heavy atom. The number of thiocarbonyl (C=S) groups is 1. The van der Waals surface area contributed by atoms with Gasteiger partial charge in [-0.05, 0) is 36.0 Å². The molecule has 0 atom stereocenters. The Hall–Kier alpha value is -2.47. The van der Waals surface area contributed by atoms with Gasteiger partial charge in [0.25, 0.3) is 0 Å². The van der Waals surface area contributed by atoms with E-state index in [0.29, 0.717) is 16.4 Å². The molecule has 0 heterocycles. The van der Waals surface area contributed by atoms with Crippen molar-refractivity contribution in [3.05, 3.63) is 65.5 Å². The minimum Gasteiger partial charge on any atom is -0.489 e. The van der Waals surface area contributed by atoms with Gasteiger partial charge >= 0.3 is 0 Å². The first-order valence-electron chi connectivity index (χ1n) is 6.66. The Labute approximate surface area is 134 Å². The summed E-state index contributed by atoms with van der Waals surface area (Å²) in [5.74, 6) is 0.369. The number of hydrogen-bond acceptors (Lipinski definition) is 3. The van der Waals surface area contributed by atoms with Crippen molar-refractivity contribution in [1.82, 2.24) is 10.7 Å². The minimum atomic E-state index is -0.273. The van der Waals surface area contributed by atoms with Gasteiger partial charge in [-0.25, -0.2) is 4.39 Å². The monoisotopic (exact) mass is 317 g/mol. The lowest BCUT2D eigenvalue weighted by Crippen LogP contribution is -2.28. The normalized spacial score (nSPS) is 10.5. The number of rotatable bonds is 5. The molecule has 0 aliphatic heterocycles. The molecule has 0 amide bonds. The van der Waals surface area contributed by atoms with Crippen LogP contribution < -0.4 is 15.5 Å². The second kappa shape index (κ2) is 8.09. The lowest BCUT2D eigenvalue weighted by Gasteiger charge is -2.07. The molecule has 6 heteroatoms. The third-order valence-electron chi connectivity index (χ3n) is 2.82. The van der Waals surface area contributed by atoms with E-state index in [1.807, 2.05) is 24.3 Å². The maximum absolute atomic E-state index is 13.5. The van der Waals surface area contributed by atoms with Crippen LogP contribution in [-0.2, 0) is 6.61 Å². The number of ether oxygens (including phenoxy) is 1. The summed E-state index contributed by atoms with van der Waals surface area (Å²) in [7, 11) is 1.71. The molecule has 0 aliphatic carbocycles. The highest BCUT2D eigenvalue weighted by Crippen LogP contribution is 2.15. The van der Waals surface area contributed by atoms with Gasteiger partial charge < -0.3 is 10.1 Å². The van der Waals surface area contributed by atoms with Crippen molar-refractivity contribution >= 4 is 23.5 Å². The topological polar surface area (TPSA) is 45.7 Å². The van der Waals surface area contributed by atoms with Crippen molar-refractivity contribution in [2.75, 3.05) is 7.05 Å². The van der Waals surface area contributed by atoms with Crippen LogP contribution in [-0.4, -0.2) is 18.4 Å². The van der Waals surface area contributed by atoms with Crippen molar-refractivity contribution < 1.29 is 9.13 Å². The Bertz CT molecular complexity index is 676. The summed E-state index contributed by atoms with van der Waals surface area (Å²) in [5.41, 5.74) is 4.03. The highest BCUT2D eigenvalue weighted by atomic mass is 32.1. The summed E-state index contributed by atoms with van der Waals surface area (Å²) in [6.07, 6.45) is 1.62. The van der Waals surface area contributed by atoms with E-state index in [4.69, 9.17) is 17.0 Å². The largest absolute Gasteiger partial charge is 0.489 e. The highest BCUT2D eigenvalue weighted by molar-refractivity contribution is 7.80. The van der Waals surface area contributed by atoms with Crippen molar-refractivity contribution in [3.63, 3.8) is 0 Å². The molecule has 0 aliphatic rings. The molecule has 0 saturated carbocycles. The van der Waals surface area contributed by atoms with Gasteiger partial charge in [-0.2, -0.15) is 5.10 Å². The SMILES string of the molecule is CNC(=S)N/N=C\c1cccc(OCc2ccccc2F)c1. The van der Waals surface area contributed by atoms with E-state index in [9.17, 15) is 4.39 Å². The van der Waals surface area contributed by atoms with Gasteiger partial charge in [-0.1, -0.05) is 30.3 Å². The summed E-state index contributed by atoms with van der Waals surface area (Å²) in [4.78, 5) is 0. The summed E-state index contributed by atoms with van der Waals surface area (Å²) in [6, 6.07) is 13.9. The van der Waals surface area contributed by atoms with E-state index >= 15 is 0 Å². The minimum absolute atomic E-state index is 0.176. The van der Waals surface area contributed by atoms with Gasteiger partial charge in [0.15, 0.2) is 5.11 Å². The van der Waals surface area contributed by atoms with E-state index in [0.717, 1.165) is 5.56 Å². The molecule has 2 aromatic carbocycles. The van der Waals surface area contributed by atoms with Crippen LogP contribution in [0.15, 0.2) is 53.6 Å². The van der Waals surface area contributed by atoms with Gasteiger partial charge in [0, 0.05) is 12.6 Å². The molecule has 2 rings (SSSR count). The third-order valence-corrected chi connectivity index (χ3v) is 3.11. The van der Waals surface area contributed by atoms with E-state index in [-0.39, 0.29) is 12.4 Å². The van der Waals surface area contributed by atoms with Gasteiger partial charge in [0.1, 0.15) is 18.2 Å². The van der Waals surface area contributed by atoms with Gasteiger partial charge in [-0.3, -0.25) is 5.43 Å². The van der Waals surface area contributed by atoms with Crippen molar-refractivity contribution in [2.45, 2.75) is 6.61 Å². The zero-order valence-corrected chi connectivity index (χ0v) is 12.9. The number of nitrogens with zero attached hydrogens (tertiary/aromatic N) is 1. The molecular formula is C16H16FN3OS. The zero-order chi connectivity index (χ0) is 15.8. The molecule has 0 saturated heterocycles. The number of nitrogens with one attached hydrogen (secondary N) is 2. The summed E-state index contributed by atoms with van der Waals surface area (Å²) in [6.45, 7) is 0.176. The molecule has 0 radical (unpaired) electrons. The molecule has 22 heavy (non-hydrogen) atoms. The smallest absolute Gasteiger partial charge is 0.186 e. The quantitative estimate of drug-likeness (QED) is 0.506. The zero-order valence-electron chi connectivity index (χ0n) is 12.0. The van der Waals surface area contributed by atoms with E-state index < -0.39 is 0 Å². The highest BCUT2D eigenvalue weighted by Gasteiger charge is 2.02. The molecule has 0 fully saturated rings. The summed E-state index contributed by atoms with van der Waals surface area (Å²) in [5, 5.41) is 7.18. The fraction of sp³-hybridized carbons (Fsp3) is 0.125. The first-order valence-corrected chi connectivity index (χ1v) is 7.07.